The molecule has 1 aliphatic heterocycles. The fourth-order valence-corrected chi connectivity index (χ4v) is 3.89. The van der Waals surface area contributed by atoms with Gasteiger partial charge in [-0.3, -0.25) is 0 Å². The first-order valence-corrected chi connectivity index (χ1v) is 10.9. The summed E-state index contributed by atoms with van der Waals surface area (Å²) < 4.78 is 22.7. The van der Waals surface area contributed by atoms with E-state index in [9.17, 15) is 13.2 Å². The Kier molecular flexibility index (Phi) is 6.21. The second kappa shape index (κ2) is 8.62. The molecule has 1 heterocycles. The third kappa shape index (κ3) is 5.02. The second-order valence-electron chi connectivity index (χ2n) is 7.00. The predicted molar refractivity (Wildman–Crippen MR) is 111 cm³/mol. The fraction of sp³-hybridized carbons (Fsp3) is 0.350. The molecule has 7 nitrogen and oxygen atoms in total. The Morgan fingerprint density at radius 1 is 1.04 bits per heavy atom. The molecule has 0 bridgehead atoms. The van der Waals surface area contributed by atoms with Gasteiger partial charge in [-0.1, -0.05) is 24.3 Å². The minimum absolute atomic E-state index is 0.0448. The van der Waals surface area contributed by atoms with Crippen molar-refractivity contribution < 1.29 is 13.2 Å². The van der Waals surface area contributed by atoms with Crippen molar-refractivity contribution in [3.8, 4) is 0 Å². The van der Waals surface area contributed by atoms with E-state index in [0.29, 0.717) is 0 Å². The van der Waals surface area contributed by atoms with Crippen molar-refractivity contribution in [2.24, 2.45) is 5.14 Å². The molecule has 0 saturated carbocycles. The highest BCUT2D eigenvalue weighted by Gasteiger charge is 2.17. The van der Waals surface area contributed by atoms with Gasteiger partial charge in [-0.25, -0.2) is 18.4 Å². The molecule has 0 aromatic heterocycles. The van der Waals surface area contributed by atoms with Gasteiger partial charge < -0.3 is 15.5 Å². The number of nitrogens with zero attached hydrogens (tertiary/aromatic N) is 1. The number of nitrogens with one attached hydrogen (secondary N) is 2. The number of primary sulfonamides is 1. The number of sulfonamides is 1. The number of anilines is 2. The van der Waals surface area contributed by atoms with Crippen LogP contribution in [0, 0.1) is 0 Å². The van der Waals surface area contributed by atoms with Crippen molar-refractivity contribution in [1.29, 1.82) is 0 Å². The molecular formula is C20H26N4O3S. The van der Waals surface area contributed by atoms with E-state index in [1.807, 2.05) is 31.2 Å². The van der Waals surface area contributed by atoms with Crippen molar-refractivity contribution in [1.82, 2.24) is 5.32 Å². The molecule has 0 spiro atoms. The number of para-hydroxylation sites is 2. The monoisotopic (exact) mass is 402 g/mol. The highest BCUT2D eigenvalue weighted by Crippen LogP contribution is 2.28. The first kappa shape index (κ1) is 20.2. The summed E-state index contributed by atoms with van der Waals surface area (Å²) in [6.45, 7) is 3.82. The number of rotatable bonds is 5. The zero-order valence-electron chi connectivity index (χ0n) is 15.9. The standard InChI is InChI=1S/C20H26N4O3S/c1-15(16-9-11-17(12-10-16)28(21,26)27)22-20(25)23-18-7-3-4-8-19(18)24-13-5-2-6-14-24/h3-4,7-12,15H,2,5-6,13-14H2,1H3,(H2,21,26,27)(H2,22,23,25)/t15-/m0/s1. The summed E-state index contributed by atoms with van der Waals surface area (Å²) >= 11 is 0. The Morgan fingerprint density at radius 3 is 2.32 bits per heavy atom. The average Bonchev–Trinajstić information content (AvgIpc) is 2.68. The molecular weight excluding hydrogens is 376 g/mol. The molecule has 8 heteroatoms. The third-order valence-corrected chi connectivity index (χ3v) is 5.83. The number of hydrogen-bond acceptors (Lipinski definition) is 4. The van der Waals surface area contributed by atoms with Crippen molar-refractivity contribution in [3.05, 3.63) is 54.1 Å². The summed E-state index contributed by atoms with van der Waals surface area (Å²) in [4.78, 5) is 14.8. The second-order valence-corrected chi connectivity index (χ2v) is 8.56. The molecule has 0 radical (unpaired) electrons. The van der Waals surface area contributed by atoms with Gasteiger partial charge in [0.25, 0.3) is 0 Å². The van der Waals surface area contributed by atoms with Crippen LogP contribution in [0.15, 0.2) is 53.4 Å². The summed E-state index contributed by atoms with van der Waals surface area (Å²) in [5.41, 5.74) is 2.59. The van der Waals surface area contributed by atoms with E-state index in [2.05, 4.69) is 15.5 Å². The van der Waals surface area contributed by atoms with E-state index in [-0.39, 0.29) is 17.0 Å². The average molecular weight is 403 g/mol. The van der Waals surface area contributed by atoms with Gasteiger partial charge in [0.15, 0.2) is 0 Å². The van der Waals surface area contributed by atoms with Crippen LogP contribution in [0.4, 0.5) is 16.2 Å². The summed E-state index contributed by atoms with van der Waals surface area (Å²) in [6, 6.07) is 13.4. The van der Waals surface area contributed by atoms with E-state index < -0.39 is 10.0 Å². The number of piperidine rings is 1. The summed E-state index contributed by atoms with van der Waals surface area (Å²) in [6.07, 6.45) is 3.56. The SMILES string of the molecule is C[C@H](NC(=O)Nc1ccccc1N1CCCCC1)c1ccc(S(N)(=O)=O)cc1. The van der Waals surface area contributed by atoms with Gasteiger partial charge in [0, 0.05) is 13.1 Å². The van der Waals surface area contributed by atoms with E-state index in [4.69, 9.17) is 5.14 Å². The zero-order valence-corrected chi connectivity index (χ0v) is 16.7. The van der Waals surface area contributed by atoms with Gasteiger partial charge in [-0.05, 0) is 56.0 Å². The minimum atomic E-state index is -3.73. The molecule has 2 aromatic carbocycles. The Labute approximate surface area is 166 Å². The van der Waals surface area contributed by atoms with Gasteiger partial charge in [0.05, 0.1) is 22.3 Å². The van der Waals surface area contributed by atoms with Crippen LogP contribution in [0.3, 0.4) is 0 Å². The van der Waals surface area contributed by atoms with Crippen LogP contribution in [-0.2, 0) is 10.0 Å². The molecule has 1 aliphatic rings. The smallest absolute Gasteiger partial charge is 0.319 e. The van der Waals surface area contributed by atoms with Crippen molar-refractivity contribution >= 4 is 27.4 Å². The number of amides is 2. The van der Waals surface area contributed by atoms with E-state index >= 15 is 0 Å². The van der Waals surface area contributed by atoms with Crippen LogP contribution in [0.25, 0.3) is 0 Å². The van der Waals surface area contributed by atoms with E-state index in [0.717, 1.165) is 42.9 Å². The molecule has 2 aromatic rings. The maximum Gasteiger partial charge on any atom is 0.319 e. The lowest BCUT2D eigenvalue weighted by molar-refractivity contribution is 0.249. The topological polar surface area (TPSA) is 105 Å². The van der Waals surface area contributed by atoms with E-state index in [1.165, 1.54) is 18.6 Å². The van der Waals surface area contributed by atoms with Crippen LogP contribution < -0.4 is 20.7 Å². The van der Waals surface area contributed by atoms with Crippen LogP contribution in [-0.4, -0.2) is 27.5 Å². The Morgan fingerprint density at radius 2 is 1.68 bits per heavy atom. The molecule has 28 heavy (non-hydrogen) atoms. The summed E-state index contributed by atoms with van der Waals surface area (Å²) in [5, 5.41) is 10.9. The molecule has 3 rings (SSSR count). The van der Waals surface area contributed by atoms with Crippen molar-refractivity contribution in [2.75, 3.05) is 23.3 Å². The van der Waals surface area contributed by atoms with Gasteiger partial charge in [0.1, 0.15) is 0 Å². The summed E-state index contributed by atoms with van der Waals surface area (Å²) in [5.74, 6) is 0. The first-order chi connectivity index (χ1) is 13.3. The number of carbonyl (C=O) groups excluding carboxylic acids is 1. The van der Waals surface area contributed by atoms with Crippen LogP contribution in [0.1, 0.15) is 37.8 Å². The van der Waals surface area contributed by atoms with Crippen LogP contribution >= 0.6 is 0 Å². The Bertz CT molecular complexity index is 923. The molecule has 4 N–H and O–H groups in total. The zero-order chi connectivity index (χ0) is 20.1. The lowest BCUT2D eigenvalue weighted by atomic mass is 10.1. The Hall–Kier alpha value is -2.58. The third-order valence-electron chi connectivity index (χ3n) is 4.91. The fourth-order valence-electron chi connectivity index (χ4n) is 3.37. The summed E-state index contributed by atoms with van der Waals surface area (Å²) in [7, 11) is -3.73. The molecule has 2 amide bonds. The Balaban J connectivity index is 1.65. The maximum absolute atomic E-state index is 12.5. The number of hydrogen-bond donors (Lipinski definition) is 3. The van der Waals surface area contributed by atoms with E-state index in [1.54, 1.807) is 12.1 Å². The normalized spacial score (nSPS) is 15.7. The number of nitrogens with two attached hydrogens (primary N) is 1. The molecule has 1 saturated heterocycles. The highest BCUT2D eigenvalue weighted by atomic mass is 32.2. The lowest BCUT2D eigenvalue weighted by Crippen LogP contribution is -2.33. The quantitative estimate of drug-likeness (QED) is 0.714. The number of urea groups is 1. The van der Waals surface area contributed by atoms with Crippen molar-refractivity contribution in [3.63, 3.8) is 0 Å². The lowest BCUT2D eigenvalue weighted by Gasteiger charge is -2.30. The van der Waals surface area contributed by atoms with Gasteiger partial charge in [-0.2, -0.15) is 0 Å². The van der Waals surface area contributed by atoms with Crippen molar-refractivity contribution in [2.45, 2.75) is 37.1 Å². The first-order valence-electron chi connectivity index (χ1n) is 9.39. The molecule has 150 valence electrons. The molecule has 1 atom stereocenters. The van der Waals surface area contributed by atoms with Crippen LogP contribution in [0.2, 0.25) is 0 Å². The maximum atomic E-state index is 12.5. The predicted octanol–water partition coefficient (Wildman–Crippen LogP) is 3.21. The largest absolute Gasteiger partial charge is 0.370 e. The minimum Gasteiger partial charge on any atom is -0.370 e. The number of benzene rings is 2. The number of carbonyl (C=O) groups is 1. The van der Waals surface area contributed by atoms with Gasteiger partial charge in [-0.15, -0.1) is 0 Å². The van der Waals surface area contributed by atoms with Crippen LogP contribution in [0.5, 0.6) is 0 Å². The van der Waals surface area contributed by atoms with Gasteiger partial charge >= 0.3 is 6.03 Å². The highest BCUT2D eigenvalue weighted by molar-refractivity contribution is 7.89. The van der Waals surface area contributed by atoms with Gasteiger partial charge in [0.2, 0.25) is 10.0 Å². The molecule has 0 aliphatic carbocycles. The molecule has 1 fully saturated rings. The molecule has 0 unspecified atom stereocenters.